The van der Waals surface area contributed by atoms with Crippen LogP contribution in [0.4, 0.5) is 5.69 Å². The summed E-state index contributed by atoms with van der Waals surface area (Å²) in [5.74, 6) is -1.85. The molecule has 0 saturated carbocycles. The zero-order chi connectivity index (χ0) is 22.8. The van der Waals surface area contributed by atoms with Gasteiger partial charge in [-0.25, -0.2) is 0 Å². The highest BCUT2D eigenvalue weighted by atomic mass is 35.5. The van der Waals surface area contributed by atoms with Gasteiger partial charge in [-0.1, -0.05) is 23.7 Å². The summed E-state index contributed by atoms with van der Waals surface area (Å²) >= 11 is 6.10. The van der Waals surface area contributed by atoms with Crippen molar-refractivity contribution in [3.8, 4) is 11.5 Å². The lowest BCUT2D eigenvalue weighted by atomic mass is 9.95. The summed E-state index contributed by atoms with van der Waals surface area (Å²) in [6.45, 7) is 2.26. The summed E-state index contributed by atoms with van der Waals surface area (Å²) in [5.41, 5.74) is 0.794. The van der Waals surface area contributed by atoms with Crippen molar-refractivity contribution in [2.75, 3.05) is 11.5 Å². The van der Waals surface area contributed by atoms with Gasteiger partial charge in [0.1, 0.15) is 17.3 Å². The van der Waals surface area contributed by atoms with Crippen LogP contribution in [0.3, 0.4) is 0 Å². The molecule has 1 aliphatic rings. The molecule has 1 amide bonds. The normalized spacial score (nSPS) is 17.6. The van der Waals surface area contributed by atoms with Crippen molar-refractivity contribution < 1.29 is 24.5 Å². The summed E-state index contributed by atoms with van der Waals surface area (Å²) in [4.78, 5) is 31.4. The van der Waals surface area contributed by atoms with E-state index >= 15 is 0 Å². The molecule has 162 valence electrons. The molecule has 1 aromatic heterocycles. The average Bonchev–Trinajstić information content (AvgIpc) is 3.06. The first-order chi connectivity index (χ1) is 15.4. The topological polar surface area (TPSA) is 100.0 Å². The van der Waals surface area contributed by atoms with Crippen LogP contribution in [0.2, 0.25) is 5.02 Å². The van der Waals surface area contributed by atoms with E-state index in [-0.39, 0.29) is 27.8 Å². The van der Waals surface area contributed by atoms with Crippen LogP contribution < -0.4 is 9.64 Å². The Hall–Kier alpha value is -3.84. The number of amides is 1. The molecule has 0 aliphatic carbocycles. The SMILES string of the molecule is CCOc1cccc(/C(O)=C2\C(=O)C(=O)N(c3cc(Cl)ccc3O)C2c2ccncc2)c1. The number of hydrogen-bond acceptors (Lipinski definition) is 6. The van der Waals surface area contributed by atoms with Crippen molar-refractivity contribution in [1.82, 2.24) is 4.98 Å². The average molecular weight is 451 g/mol. The predicted molar refractivity (Wildman–Crippen MR) is 120 cm³/mol. The van der Waals surface area contributed by atoms with Crippen LogP contribution in [0.5, 0.6) is 11.5 Å². The predicted octanol–water partition coefficient (Wildman–Crippen LogP) is 4.47. The zero-order valence-electron chi connectivity index (χ0n) is 17.0. The molecule has 1 atom stereocenters. The maximum absolute atomic E-state index is 13.1. The number of hydrogen-bond donors (Lipinski definition) is 2. The lowest BCUT2D eigenvalue weighted by molar-refractivity contribution is -0.132. The minimum Gasteiger partial charge on any atom is -0.507 e. The molecule has 1 saturated heterocycles. The summed E-state index contributed by atoms with van der Waals surface area (Å²) in [5, 5.41) is 21.8. The van der Waals surface area contributed by atoms with E-state index in [4.69, 9.17) is 16.3 Å². The standard InChI is InChI=1S/C24H19ClN2O5/c1-2-32-17-5-3-4-15(12-17)22(29)20-21(14-8-10-26-11-9-14)27(24(31)23(20)30)18-13-16(25)6-7-19(18)28/h3-13,21,28-29H,2H2,1H3/b22-20+. The van der Waals surface area contributed by atoms with E-state index in [1.54, 1.807) is 36.4 Å². The zero-order valence-corrected chi connectivity index (χ0v) is 17.8. The molecule has 7 nitrogen and oxygen atoms in total. The number of phenolic OH excluding ortho intramolecular Hbond substituents is 1. The highest BCUT2D eigenvalue weighted by molar-refractivity contribution is 6.52. The second-order valence-electron chi connectivity index (χ2n) is 7.04. The molecule has 1 unspecified atom stereocenters. The molecule has 2 aromatic carbocycles. The Labute approximate surface area is 189 Å². The number of nitrogens with zero attached hydrogens (tertiary/aromatic N) is 2. The second kappa shape index (κ2) is 8.72. The number of carbonyl (C=O) groups is 2. The molecule has 0 spiro atoms. The van der Waals surface area contributed by atoms with Crippen LogP contribution in [0.25, 0.3) is 5.76 Å². The van der Waals surface area contributed by atoms with Gasteiger partial charge in [0, 0.05) is 23.0 Å². The highest BCUT2D eigenvalue weighted by Gasteiger charge is 2.47. The van der Waals surface area contributed by atoms with Crippen molar-refractivity contribution in [3.63, 3.8) is 0 Å². The molecule has 3 aromatic rings. The highest BCUT2D eigenvalue weighted by Crippen LogP contribution is 2.45. The Morgan fingerprint density at radius 2 is 1.88 bits per heavy atom. The number of halogens is 1. The smallest absolute Gasteiger partial charge is 0.300 e. The van der Waals surface area contributed by atoms with Gasteiger partial charge in [0.25, 0.3) is 11.7 Å². The summed E-state index contributed by atoms with van der Waals surface area (Å²) < 4.78 is 5.49. The Morgan fingerprint density at radius 1 is 1.12 bits per heavy atom. The number of Topliss-reactive ketones (excluding diaryl/α,β-unsaturated/α-hetero) is 1. The fourth-order valence-corrected chi connectivity index (χ4v) is 3.85. The molecule has 1 fully saturated rings. The number of rotatable bonds is 5. The van der Waals surface area contributed by atoms with Crippen LogP contribution >= 0.6 is 11.6 Å². The van der Waals surface area contributed by atoms with E-state index in [0.717, 1.165) is 4.90 Å². The van der Waals surface area contributed by atoms with Crippen molar-refractivity contribution >= 4 is 34.7 Å². The van der Waals surface area contributed by atoms with Crippen LogP contribution in [-0.4, -0.2) is 33.5 Å². The van der Waals surface area contributed by atoms with E-state index in [9.17, 15) is 19.8 Å². The molecular weight excluding hydrogens is 432 g/mol. The van der Waals surface area contributed by atoms with E-state index in [1.807, 2.05) is 6.92 Å². The van der Waals surface area contributed by atoms with Crippen LogP contribution in [0.15, 0.2) is 72.6 Å². The second-order valence-corrected chi connectivity index (χ2v) is 7.48. The number of aromatic nitrogens is 1. The van der Waals surface area contributed by atoms with Gasteiger partial charge >= 0.3 is 0 Å². The van der Waals surface area contributed by atoms with Crippen molar-refractivity contribution in [1.29, 1.82) is 0 Å². The number of aliphatic hydroxyl groups excluding tert-OH is 1. The molecule has 32 heavy (non-hydrogen) atoms. The first-order valence-corrected chi connectivity index (χ1v) is 10.2. The first-order valence-electron chi connectivity index (χ1n) is 9.85. The fraction of sp³-hybridized carbons (Fsp3) is 0.125. The lowest BCUT2D eigenvalue weighted by Crippen LogP contribution is -2.29. The molecular formula is C24H19ClN2O5. The Morgan fingerprint density at radius 3 is 2.59 bits per heavy atom. The van der Waals surface area contributed by atoms with E-state index in [2.05, 4.69) is 4.98 Å². The molecule has 2 N–H and O–H groups in total. The number of phenols is 1. The van der Waals surface area contributed by atoms with Crippen molar-refractivity contribution in [2.24, 2.45) is 0 Å². The third kappa shape index (κ3) is 3.78. The van der Waals surface area contributed by atoms with Gasteiger partial charge in [0.2, 0.25) is 0 Å². The maximum atomic E-state index is 13.1. The van der Waals surface area contributed by atoms with Gasteiger partial charge in [-0.05, 0) is 55.0 Å². The Kier molecular flexibility index (Phi) is 5.83. The first kappa shape index (κ1) is 21.4. The maximum Gasteiger partial charge on any atom is 0.300 e. The number of pyridine rings is 1. The number of ether oxygens (including phenoxy) is 1. The van der Waals surface area contributed by atoms with Crippen LogP contribution in [-0.2, 0) is 9.59 Å². The molecule has 2 heterocycles. The summed E-state index contributed by atoms with van der Waals surface area (Å²) in [6.07, 6.45) is 3.03. The van der Waals surface area contributed by atoms with Crippen molar-refractivity contribution in [3.05, 3.63) is 88.7 Å². The number of ketones is 1. The molecule has 0 radical (unpaired) electrons. The van der Waals surface area contributed by atoms with Crippen LogP contribution in [0, 0.1) is 0 Å². The molecule has 1 aliphatic heterocycles. The van der Waals surface area contributed by atoms with E-state index < -0.39 is 17.7 Å². The van der Waals surface area contributed by atoms with Gasteiger partial charge in [-0.3, -0.25) is 19.5 Å². The summed E-state index contributed by atoms with van der Waals surface area (Å²) in [7, 11) is 0. The summed E-state index contributed by atoms with van der Waals surface area (Å²) in [6, 6.07) is 13.1. The van der Waals surface area contributed by atoms with Gasteiger partial charge in [0.05, 0.1) is 23.9 Å². The van der Waals surface area contributed by atoms with E-state index in [0.29, 0.717) is 23.5 Å². The van der Waals surface area contributed by atoms with E-state index in [1.165, 1.54) is 30.6 Å². The van der Waals surface area contributed by atoms with Crippen molar-refractivity contribution in [2.45, 2.75) is 13.0 Å². The lowest BCUT2D eigenvalue weighted by Gasteiger charge is -2.26. The van der Waals surface area contributed by atoms with Gasteiger partial charge in [0.15, 0.2) is 0 Å². The third-order valence-electron chi connectivity index (χ3n) is 5.08. The molecule has 8 heteroatoms. The minimum absolute atomic E-state index is 0.0588. The number of carbonyl (C=O) groups excluding carboxylic acids is 2. The Bertz CT molecular complexity index is 1230. The minimum atomic E-state index is -1.00. The fourth-order valence-electron chi connectivity index (χ4n) is 3.69. The van der Waals surface area contributed by atoms with Gasteiger partial charge < -0.3 is 14.9 Å². The number of aliphatic hydroxyl groups is 1. The van der Waals surface area contributed by atoms with Gasteiger partial charge in [-0.2, -0.15) is 0 Å². The number of aromatic hydroxyl groups is 1. The molecule has 4 rings (SSSR count). The molecule has 0 bridgehead atoms. The quantitative estimate of drug-likeness (QED) is 0.338. The Balaban J connectivity index is 1.94. The van der Waals surface area contributed by atoms with Crippen LogP contribution in [0.1, 0.15) is 24.1 Å². The number of anilines is 1. The monoisotopic (exact) mass is 450 g/mol. The largest absolute Gasteiger partial charge is 0.507 e. The third-order valence-corrected chi connectivity index (χ3v) is 5.32. The van der Waals surface area contributed by atoms with Gasteiger partial charge in [-0.15, -0.1) is 0 Å². The number of benzene rings is 2.